The minimum absolute atomic E-state index is 0.00806. The Bertz CT molecular complexity index is 560. The molecule has 3 N–H and O–H groups in total. The molecule has 0 aliphatic rings. The molecule has 0 spiro atoms. The minimum atomic E-state index is -3.73. The van der Waals surface area contributed by atoms with Crippen molar-refractivity contribution in [3.8, 4) is 11.3 Å². The molecule has 0 unspecified atom stereocenters. The van der Waals surface area contributed by atoms with E-state index in [1.807, 2.05) is 18.2 Å². The van der Waals surface area contributed by atoms with Gasteiger partial charge in [-0.15, -0.1) is 0 Å². The summed E-state index contributed by atoms with van der Waals surface area (Å²) in [6.45, 7) is 0. The minimum Gasteiger partial charge on any atom is -0.276 e. The van der Waals surface area contributed by atoms with Gasteiger partial charge < -0.3 is 0 Å². The van der Waals surface area contributed by atoms with Crippen LogP contribution in [0.3, 0.4) is 0 Å². The molecular formula is C9H9N3O2S. The van der Waals surface area contributed by atoms with Gasteiger partial charge in [0, 0.05) is 5.56 Å². The fourth-order valence-electron chi connectivity index (χ4n) is 1.30. The summed E-state index contributed by atoms with van der Waals surface area (Å²) in [5.74, 6) is 0. The average Bonchev–Trinajstić information content (AvgIpc) is 2.67. The molecule has 2 aromatic rings. The van der Waals surface area contributed by atoms with E-state index >= 15 is 0 Å². The molecule has 2 rings (SSSR count). The molecule has 15 heavy (non-hydrogen) atoms. The van der Waals surface area contributed by atoms with Crippen LogP contribution >= 0.6 is 0 Å². The molecule has 0 aliphatic heterocycles. The van der Waals surface area contributed by atoms with Crippen LogP contribution in [0.25, 0.3) is 11.3 Å². The van der Waals surface area contributed by atoms with E-state index in [-0.39, 0.29) is 4.90 Å². The number of aromatic amines is 1. The van der Waals surface area contributed by atoms with E-state index in [1.54, 1.807) is 12.1 Å². The third-order valence-electron chi connectivity index (χ3n) is 1.97. The predicted octanol–water partition coefficient (Wildman–Crippen LogP) is 0.724. The zero-order valence-corrected chi connectivity index (χ0v) is 8.53. The first-order valence-corrected chi connectivity index (χ1v) is 5.75. The molecule has 1 heterocycles. The molecule has 1 aromatic heterocycles. The highest BCUT2D eigenvalue weighted by molar-refractivity contribution is 7.89. The lowest BCUT2D eigenvalue weighted by molar-refractivity contribution is 0.598. The number of aromatic nitrogens is 2. The van der Waals surface area contributed by atoms with Gasteiger partial charge in [0.15, 0.2) is 0 Å². The summed E-state index contributed by atoms with van der Waals surface area (Å²) in [5.41, 5.74) is 1.15. The lowest BCUT2D eigenvalue weighted by Gasteiger charge is -2.00. The van der Waals surface area contributed by atoms with E-state index in [0.29, 0.717) is 5.69 Å². The number of nitrogens with zero attached hydrogens (tertiary/aromatic N) is 1. The Hall–Kier alpha value is -1.66. The summed E-state index contributed by atoms with van der Waals surface area (Å²) in [4.78, 5) is 0.00806. The number of hydrogen-bond donors (Lipinski definition) is 2. The van der Waals surface area contributed by atoms with Gasteiger partial charge in [-0.2, -0.15) is 5.10 Å². The number of primary sulfonamides is 1. The Balaban J connectivity index is 2.61. The van der Waals surface area contributed by atoms with Crippen molar-refractivity contribution >= 4 is 10.0 Å². The first-order chi connectivity index (χ1) is 7.09. The number of nitrogens with two attached hydrogens (primary N) is 1. The van der Waals surface area contributed by atoms with Crippen molar-refractivity contribution in [2.75, 3.05) is 0 Å². The molecule has 1 aromatic carbocycles. The van der Waals surface area contributed by atoms with Crippen LogP contribution in [0.5, 0.6) is 0 Å². The standard InChI is InChI=1S/C9H9N3O2S/c10-15(13,14)8-6-11-12-9(8)7-4-2-1-3-5-7/h1-6H,(H,11,12)(H2,10,13,14). The number of rotatable bonds is 2. The van der Waals surface area contributed by atoms with Gasteiger partial charge in [-0.1, -0.05) is 30.3 Å². The molecule has 0 saturated heterocycles. The monoisotopic (exact) mass is 223 g/mol. The highest BCUT2D eigenvalue weighted by atomic mass is 32.2. The second kappa shape index (κ2) is 3.48. The molecule has 0 fully saturated rings. The van der Waals surface area contributed by atoms with Gasteiger partial charge >= 0.3 is 0 Å². The van der Waals surface area contributed by atoms with Crippen LogP contribution in [0.2, 0.25) is 0 Å². The number of sulfonamides is 1. The molecule has 0 bridgehead atoms. The third-order valence-corrected chi connectivity index (χ3v) is 2.90. The molecule has 5 nitrogen and oxygen atoms in total. The number of H-pyrrole nitrogens is 1. The van der Waals surface area contributed by atoms with E-state index in [0.717, 1.165) is 5.56 Å². The SMILES string of the molecule is NS(=O)(=O)c1cn[nH]c1-c1ccccc1. The van der Waals surface area contributed by atoms with Crippen LogP contribution in [-0.4, -0.2) is 18.6 Å². The van der Waals surface area contributed by atoms with Gasteiger partial charge in [0.1, 0.15) is 4.90 Å². The van der Waals surface area contributed by atoms with Crippen molar-refractivity contribution < 1.29 is 8.42 Å². The highest BCUT2D eigenvalue weighted by Crippen LogP contribution is 2.23. The van der Waals surface area contributed by atoms with Gasteiger partial charge in [-0.25, -0.2) is 13.6 Å². The third kappa shape index (κ3) is 1.90. The fourth-order valence-corrected chi connectivity index (χ4v) is 1.95. The van der Waals surface area contributed by atoms with Crippen LogP contribution in [0.1, 0.15) is 0 Å². The smallest absolute Gasteiger partial charge is 0.241 e. The largest absolute Gasteiger partial charge is 0.276 e. The summed E-state index contributed by atoms with van der Waals surface area (Å²) in [7, 11) is -3.73. The van der Waals surface area contributed by atoms with Gasteiger partial charge in [0.25, 0.3) is 0 Å². The van der Waals surface area contributed by atoms with Crippen molar-refractivity contribution in [3.63, 3.8) is 0 Å². The van der Waals surface area contributed by atoms with Crippen molar-refractivity contribution in [1.29, 1.82) is 0 Å². The molecular weight excluding hydrogens is 214 g/mol. The van der Waals surface area contributed by atoms with E-state index < -0.39 is 10.0 Å². The first-order valence-electron chi connectivity index (χ1n) is 4.20. The summed E-state index contributed by atoms with van der Waals surface area (Å²) < 4.78 is 22.4. The summed E-state index contributed by atoms with van der Waals surface area (Å²) in [6.07, 6.45) is 1.21. The van der Waals surface area contributed by atoms with Crippen molar-refractivity contribution in [2.24, 2.45) is 5.14 Å². The molecule has 0 radical (unpaired) electrons. The number of nitrogens with one attached hydrogen (secondary N) is 1. The van der Waals surface area contributed by atoms with E-state index in [9.17, 15) is 8.42 Å². The van der Waals surface area contributed by atoms with Crippen LogP contribution < -0.4 is 5.14 Å². The van der Waals surface area contributed by atoms with E-state index in [4.69, 9.17) is 5.14 Å². The van der Waals surface area contributed by atoms with Gasteiger partial charge in [0.2, 0.25) is 10.0 Å². The quantitative estimate of drug-likeness (QED) is 0.786. The Morgan fingerprint density at radius 2 is 1.87 bits per heavy atom. The van der Waals surface area contributed by atoms with Crippen LogP contribution in [0.4, 0.5) is 0 Å². The first kappa shape index (κ1) is 9.88. The Kier molecular flexibility index (Phi) is 2.29. The maximum Gasteiger partial charge on any atom is 0.241 e. The molecule has 0 aliphatic carbocycles. The van der Waals surface area contributed by atoms with E-state index in [2.05, 4.69) is 10.2 Å². The van der Waals surface area contributed by atoms with Crippen molar-refractivity contribution in [2.45, 2.75) is 4.90 Å². The lowest BCUT2D eigenvalue weighted by Crippen LogP contribution is -2.12. The Morgan fingerprint density at radius 1 is 1.20 bits per heavy atom. The van der Waals surface area contributed by atoms with Gasteiger partial charge in [-0.3, -0.25) is 5.10 Å². The zero-order chi connectivity index (χ0) is 10.9. The fraction of sp³-hybridized carbons (Fsp3) is 0. The molecule has 0 atom stereocenters. The van der Waals surface area contributed by atoms with Crippen molar-refractivity contribution in [3.05, 3.63) is 36.5 Å². The summed E-state index contributed by atoms with van der Waals surface area (Å²) in [6, 6.07) is 9.02. The molecule has 0 amide bonds. The normalized spacial score (nSPS) is 11.5. The van der Waals surface area contributed by atoms with Crippen LogP contribution in [0.15, 0.2) is 41.4 Å². The summed E-state index contributed by atoms with van der Waals surface area (Å²) >= 11 is 0. The average molecular weight is 223 g/mol. The number of benzene rings is 1. The lowest BCUT2D eigenvalue weighted by atomic mass is 10.2. The van der Waals surface area contributed by atoms with Gasteiger partial charge in [-0.05, 0) is 0 Å². The predicted molar refractivity (Wildman–Crippen MR) is 55.4 cm³/mol. The van der Waals surface area contributed by atoms with E-state index in [1.165, 1.54) is 6.20 Å². The molecule has 0 saturated carbocycles. The van der Waals surface area contributed by atoms with Crippen molar-refractivity contribution in [1.82, 2.24) is 10.2 Å². The second-order valence-corrected chi connectivity index (χ2v) is 4.55. The highest BCUT2D eigenvalue weighted by Gasteiger charge is 2.16. The maximum absolute atomic E-state index is 11.2. The number of hydrogen-bond acceptors (Lipinski definition) is 3. The molecule has 78 valence electrons. The maximum atomic E-state index is 11.2. The molecule has 6 heteroatoms. The topological polar surface area (TPSA) is 88.8 Å². The Labute approximate surface area is 87.0 Å². The zero-order valence-electron chi connectivity index (χ0n) is 7.71. The summed E-state index contributed by atoms with van der Waals surface area (Å²) in [5, 5.41) is 11.4. The van der Waals surface area contributed by atoms with Gasteiger partial charge in [0.05, 0.1) is 11.9 Å². The Morgan fingerprint density at radius 3 is 2.47 bits per heavy atom. The van der Waals surface area contributed by atoms with Crippen LogP contribution in [-0.2, 0) is 10.0 Å². The second-order valence-electron chi connectivity index (χ2n) is 3.02. The van der Waals surface area contributed by atoms with Crippen LogP contribution in [0, 0.1) is 0 Å².